The topological polar surface area (TPSA) is 106 Å². The second kappa shape index (κ2) is 11.7. The summed E-state index contributed by atoms with van der Waals surface area (Å²) < 4.78 is 26.1. The van der Waals surface area contributed by atoms with Gasteiger partial charge < -0.3 is 24.3 Å². The molecule has 0 radical (unpaired) electrons. The van der Waals surface area contributed by atoms with Gasteiger partial charge in [0.25, 0.3) is 0 Å². The quantitative estimate of drug-likeness (QED) is 0.177. The lowest BCUT2D eigenvalue weighted by Crippen LogP contribution is -2.45. The van der Waals surface area contributed by atoms with Gasteiger partial charge in [-0.3, -0.25) is 14.6 Å². The number of carbonyl (C=O) groups is 2. The number of rotatable bonds is 9. The van der Waals surface area contributed by atoms with E-state index in [2.05, 4.69) is 9.83 Å². The van der Waals surface area contributed by atoms with Gasteiger partial charge in [0.2, 0.25) is 11.9 Å². The first-order valence-corrected chi connectivity index (χ1v) is 16.0. The molecule has 2 aliphatic heterocycles. The Hall–Kier alpha value is -4.88. The van der Waals surface area contributed by atoms with Gasteiger partial charge in [-0.05, 0) is 81.6 Å². The van der Waals surface area contributed by atoms with E-state index in [0.29, 0.717) is 58.9 Å². The van der Waals surface area contributed by atoms with Crippen molar-refractivity contribution in [3.05, 3.63) is 94.8 Å². The lowest BCUT2D eigenvalue weighted by molar-refractivity contribution is -0.136. The Balaban J connectivity index is 1.21. The highest BCUT2D eigenvalue weighted by atomic mass is 19.1. The molecular formula is C37H35FN4O5. The van der Waals surface area contributed by atoms with E-state index >= 15 is 0 Å². The third-order valence-electron chi connectivity index (χ3n) is 9.50. The van der Waals surface area contributed by atoms with Crippen molar-refractivity contribution < 1.29 is 28.6 Å². The molecule has 1 amide bonds. The summed E-state index contributed by atoms with van der Waals surface area (Å²) in [5.41, 5.74) is 0.294. The van der Waals surface area contributed by atoms with E-state index in [1.165, 1.54) is 12.1 Å². The molecule has 7 rings (SSSR count). The summed E-state index contributed by atoms with van der Waals surface area (Å²) >= 11 is 0. The van der Waals surface area contributed by atoms with Crippen LogP contribution in [0.15, 0.2) is 60.8 Å². The zero-order valence-electron chi connectivity index (χ0n) is 26.3. The number of carbonyl (C=O) groups excluding carboxylic acids is 2. The molecular weight excluding hydrogens is 599 g/mol. The van der Waals surface area contributed by atoms with Crippen LogP contribution in [0.25, 0.3) is 27.0 Å². The minimum absolute atomic E-state index is 0.0186. The number of benzene rings is 2. The number of ether oxygens (including phenoxy) is 2. The van der Waals surface area contributed by atoms with Gasteiger partial charge in [0.05, 0.1) is 18.3 Å². The second-order valence-corrected chi connectivity index (χ2v) is 13.2. The number of hydrogen-bond acceptors (Lipinski definition) is 7. The van der Waals surface area contributed by atoms with Gasteiger partial charge >= 0.3 is 0 Å². The molecule has 10 heteroatoms. The van der Waals surface area contributed by atoms with Gasteiger partial charge in [-0.2, -0.15) is 0 Å². The maximum atomic E-state index is 14.0. The molecule has 3 atom stereocenters. The van der Waals surface area contributed by atoms with Crippen molar-refractivity contribution in [1.29, 1.82) is 0 Å². The molecule has 3 aliphatic rings. The fourth-order valence-corrected chi connectivity index (χ4v) is 6.42. The van der Waals surface area contributed by atoms with Crippen LogP contribution in [-0.2, 0) is 15.8 Å². The van der Waals surface area contributed by atoms with Crippen LogP contribution in [-0.4, -0.2) is 63.5 Å². The molecule has 0 spiro atoms. The Morgan fingerprint density at radius 3 is 2.70 bits per heavy atom. The van der Waals surface area contributed by atoms with Gasteiger partial charge in [0.15, 0.2) is 5.78 Å². The highest BCUT2D eigenvalue weighted by Crippen LogP contribution is 2.47. The number of halogens is 1. The smallest absolute Gasteiger partial charge is 0.242 e. The van der Waals surface area contributed by atoms with Crippen molar-refractivity contribution in [3.8, 4) is 22.8 Å². The fraction of sp³-hybridized carbons (Fsp3) is 0.378. The molecule has 1 saturated carbocycles. The van der Waals surface area contributed by atoms with Crippen molar-refractivity contribution in [1.82, 2.24) is 14.9 Å². The molecule has 2 aromatic heterocycles. The summed E-state index contributed by atoms with van der Waals surface area (Å²) in [5, 5.41) is 12.7. The van der Waals surface area contributed by atoms with Crippen molar-refractivity contribution in [2.45, 2.75) is 69.1 Å². The van der Waals surface area contributed by atoms with Crippen LogP contribution < -0.4 is 9.47 Å². The van der Waals surface area contributed by atoms with Gasteiger partial charge in [0, 0.05) is 47.7 Å². The normalized spacial score (nSPS) is 21.5. The average molecular weight is 635 g/mol. The number of Topliss-reactive ketones (excluding diaryl/α,β-unsaturated/α-hetero) is 1. The zero-order valence-corrected chi connectivity index (χ0v) is 26.3. The van der Waals surface area contributed by atoms with E-state index in [0.717, 1.165) is 18.2 Å². The first-order valence-electron chi connectivity index (χ1n) is 16.0. The molecule has 9 nitrogen and oxygen atoms in total. The van der Waals surface area contributed by atoms with Crippen molar-refractivity contribution >= 4 is 22.6 Å². The summed E-state index contributed by atoms with van der Waals surface area (Å²) in [6.45, 7) is 11.7. The Kier molecular flexibility index (Phi) is 7.68. The van der Waals surface area contributed by atoms with Crippen LogP contribution in [0.2, 0.25) is 0 Å². The third kappa shape index (κ3) is 5.80. The maximum absolute atomic E-state index is 14.0. The highest BCUT2D eigenvalue weighted by Gasteiger charge is 2.49. The number of likely N-dealkylation sites (tertiary alicyclic amines) is 1. The number of amides is 1. The molecule has 240 valence electrons. The minimum Gasteiger partial charge on any atom is -0.489 e. The summed E-state index contributed by atoms with van der Waals surface area (Å²) in [6.07, 6.45) is 4.46. The lowest BCUT2D eigenvalue weighted by atomic mass is 9.80. The molecule has 1 saturated heterocycles. The first kappa shape index (κ1) is 30.8. The number of ketones is 1. The lowest BCUT2D eigenvalue weighted by Gasteiger charge is -2.29. The SMILES string of the molecule is [C-]#[N+]C1CCN(C(=O)[C@@]2(C)COc3c2cc([C@@](C)(O)CCC(=O)c2cc(OC4CC4)c4ncccc4c2)nc3-c2ccc(F)cc2)C1. The molecule has 4 heterocycles. The van der Waals surface area contributed by atoms with Gasteiger partial charge in [-0.1, -0.05) is 6.07 Å². The number of fused-ring (bicyclic) bond motifs is 2. The van der Waals surface area contributed by atoms with Crippen LogP contribution in [0.5, 0.6) is 11.5 Å². The van der Waals surface area contributed by atoms with Crippen molar-refractivity contribution in [3.63, 3.8) is 0 Å². The fourth-order valence-electron chi connectivity index (χ4n) is 6.42. The number of aromatic nitrogens is 2. The molecule has 1 N–H and O–H groups in total. The molecule has 2 fully saturated rings. The Morgan fingerprint density at radius 1 is 1.19 bits per heavy atom. The number of aliphatic hydroxyl groups is 1. The van der Waals surface area contributed by atoms with Gasteiger partial charge in [0.1, 0.15) is 46.1 Å². The van der Waals surface area contributed by atoms with Crippen LogP contribution in [0.3, 0.4) is 0 Å². The average Bonchev–Trinajstić information content (AvgIpc) is 3.64. The summed E-state index contributed by atoms with van der Waals surface area (Å²) in [5.74, 6) is 0.246. The van der Waals surface area contributed by atoms with E-state index in [9.17, 15) is 19.1 Å². The highest BCUT2D eigenvalue weighted by molar-refractivity contribution is 6.01. The van der Waals surface area contributed by atoms with E-state index in [-0.39, 0.29) is 49.0 Å². The van der Waals surface area contributed by atoms with Crippen molar-refractivity contribution in [2.24, 2.45) is 0 Å². The first-order chi connectivity index (χ1) is 22.6. The predicted octanol–water partition coefficient (Wildman–Crippen LogP) is 6.02. The van der Waals surface area contributed by atoms with E-state index < -0.39 is 16.8 Å². The van der Waals surface area contributed by atoms with E-state index in [4.69, 9.17) is 21.0 Å². The second-order valence-electron chi connectivity index (χ2n) is 13.2. The standard InChI is InChI=1S/C37H35FN4O5/c1-36(35(44)42-16-13-26(20-42)39-3)21-46-34-28(36)19-31(41-33(34)22-6-8-25(38)9-7-22)37(2,45)14-12-29(43)24-17-23-5-4-15-40-32(23)30(18-24)47-27-10-11-27/h4-9,15,17-19,26-27,45H,10-14,16,20-21H2,1-2H3/t26?,36-,37-/m0/s1. The molecule has 47 heavy (non-hydrogen) atoms. The molecule has 2 aromatic carbocycles. The summed E-state index contributed by atoms with van der Waals surface area (Å²) in [7, 11) is 0. The maximum Gasteiger partial charge on any atom is 0.242 e. The van der Waals surface area contributed by atoms with Gasteiger partial charge in [-0.15, -0.1) is 0 Å². The van der Waals surface area contributed by atoms with Crippen LogP contribution in [0.4, 0.5) is 4.39 Å². The summed E-state index contributed by atoms with van der Waals surface area (Å²) in [4.78, 5) is 42.1. The largest absolute Gasteiger partial charge is 0.489 e. The molecule has 1 unspecified atom stereocenters. The van der Waals surface area contributed by atoms with E-state index in [1.807, 2.05) is 12.1 Å². The zero-order chi connectivity index (χ0) is 32.9. The number of nitrogens with zero attached hydrogens (tertiary/aromatic N) is 4. The molecule has 4 aromatic rings. The Morgan fingerprint density at radius 2 is 1.98 bits per heavy atom. The molecule has 1 aliphatic carbocycles. The number of hydrogen-bond donors (Lipinski definition) is 1. The minimum atomic E-state index is -1.57. The Labute approximate surface area is 272 Å². The Bertz CT molecular complexity index is 1930. The van der Waals surface area contributed by atoms with Crippen LogP contribution in [0, 0.1) is 12.4 Å². The summed E-state index contributed by atoms with van der Waals surface area (Å²) in [6, 6.07) is 14.5. The van der Waals surface area contributed by atoms with Crippen molar-refractivity contribution in [2.75, 3.05) is 19.7 Å². The van der Waals surface area contributed by atoms with Crippen LogP contribution in [0.1, 0.15) is 67.6 Å². The van der Waals surface area contributed by atoms with E-state index in [1.54, 1.807) is 55.3 Å². The monoisotopic (exact) mass is 634 g/mol. The van der Waals surface area contributed by atoms with Gasteiger partial charge in [-0.25, -0.2) is 15.9 Å². The van der Waals surface area contributed by atoms with Crippen LogP contribution >= 0.6 is 0 Å². The predicted molar refractivity (Wildman–Crippen MR) is 173 cm³/mol. The molecule has 0 bridgehead atoms. The number of pyridine rings is 2. The third-order valence-corrected chi connectivity index (χ3v) is 9.50.